The van der Waals surface area contributed by atoms with Crippen LogP contribution in [0.15, 0.2) is 255 Å². The van der Waals surface area contributed by atoms with Gasteiger partial charge in [0.25, 0.3) is 0 Å². The second kappa shape index (κ2) is 15.1. The molecule has 11 aromatic carbocycles. The molecule has 70 heavy (non-hydrogen) atoms. The van der Waals surface area contributed by atoms with Gasteiger partial charge in [0.1, 0.15) is 0 Å². The highest BCUT2D eigenvalue weighted by Gasteiger charge is 2.51. The van der Waals surface area contributed by atoms with E-state index in [0.29, 0.717) is 0 Å². The van der Waals surface area contributed by atoms with Crippen LogP contribution in [-0.4, -0.2) is 4.57 Å². The van der Waals surface area contributed by atoms with E-state index in [2.05, 4.69) is 264 Å². The van der Waals surface area contributed by atoms with Crippen molar-refractivity contribution in [2.45, 2.75) is 5.41 Å². The number of aromatic nitrogens is 1. The molecule has 2 nitrogen and oxygen atoms in total. The number of hydrogen-bond acceptors (Lipinski definition) is 2. The number of benzene rings is 11. The van der Waals surface area contributed by atoms with Gasteiger partial charge in [-0.05, 0) is 104 Å². The molecule has 15 rings (SSSR count). The topological polar surface area (TPSA) is 8.17 Å². The van der Waals surface area contributed by atoms with Crippen molar-refractivity contribution in [2.24, 2.45) is 0 Å². The van der Waals surface area contributed by atoms with E-state index in [0.717, 1.165) is 22.6 Å². The van der Waals surface area contributed by atoms with Gasteiger partial charge in [0.05, 0.1) is 33.5 Å². The van der Waals surface area contributed by atoms with Crippen molar-refractivity contribution < 1.29 is 0 Å². The molecule has 3 heterocycles. The van der Waals surface area contributed by atoms with E-state index in [9.17, 15) is 0 Å². The predicted octanol–water partition coefficient (Wildman–Crippen LogP) is 18.3. The van der Waals surface area contributed by atoms with Gasteiger partial charge in [-0.2, -0.15) is 0 Å². The summed E-state index contributed by atoms with van der Waals surface area (Å²) in [5, 5.41) is 5.19. The van der Waals surface area contributed by atoms with E-state index in [1.54, 1.807) is 0 Å². The summed E-state index contributed by atoms with van der Waals surface area (Å²) in [6.07, 6.45) is 0. The standard InChI is InChI=1S/C67H42N2S/c1-2-16-43(17-3-1)44-32-34-46(35-33-44)49-18-5-10-27-59(49)68(48-39-36-45(37-40-48)47-38-41-52-51-20-7-13-31-63(51)70-64(52)42-47)62-30-15-25-57-65(62)54-21-4-8-23-55(54)67(57)56-24-9-12-29-61(56)69-60-28-11-6-19-50(60)53-22-14-26-58(67)66(53)69/h1-42H. The molecule has 0 fully saturated rings. The fraction of sp³-hybridized carbons (Fsp3) is 0.0149. The molecule has 326 valence electrons. The first-order valence-electron chi connectivity index (χ1n) is 24.2. The Morgan fingerprint density at radius 3 is 1.79 bits per heavy atom. The molecule has 0 saturated carbocycles. The number of nitrogens with zero attached hydrogens (tertiary/aromatic N) is 2. The summed E-state index contributed by atoms with van der Waals surface area (Å²) in [5.74, 6) is 0. The highest BCUT2D eigenvalue weighted by atomic mass is 32.1. The maximum absolute atomic E-state index is 2.53. The van der Waals surface area contributed by atoms with Crippen molar-refractivity contribution in [3.63, 3.8) is 0 Å². The van der Waals surface area contributed by atoms with Crippen LogP contribution in [0.25, 0.3) is 92.2 Å². The number of hydrogen-bond donors (Lipinski definition) is 0. The van der Waals surface area contributed by atoms with Gasteiger partial charge in [0, 0.05) is 47.8 Å². The van der Waals surface area contributed by atoms with Gasteiger partial charge in [-0.25, -0.2) is 0 Å². The maximum Gasteiger partial charge on any atom is 0.0755 e. The summed E-state index contributed by atoms with van der Waals surface area (Å²) in [5.41, 5.74) is 21.4. The van der Waals surface area contributed by atoms with Gasteiger partial charge in [0.2, 0.25) is 0 Å². The first-order valence-corrected chi connectivity index (χ1v) is 25.0. The Hall–Kier alpha value is -8.76. The van der Waals surface area contributed by atoms with Gasteiger partial charge in [-0.1, -0.05) is 206 Å². The molecule has 0 bridgehead atoms. The minimum atomic E-state index is -0.573. The van der Waals surface area contributed by atoms with Crippen molar-refractivity contribution >= 4 is 70.4 Å². The Kier molecular flexibility index (Phi) is 8.48. The Balaban J connectivity index is 0.970. The van der Waals surface area contributed by atoms with E-state index in [4.69, 9.17) is 0 Å². The lowest BCUT2D eigenvalue weighted by Crippen LogP contribution is -2.33. The van der Waals surface area contributed by atoms with Crippen molar-refractivity contribution in [3.05, 3.63) is 277 Å². The van der Waals surface area contributed by atoms with E-state index in [-0.39, 0.29) is 0 Å². The fourth-order valence-corrected chi connectivity index (χ4v) is 13.4. The number of fused-ring (bicyclic) bond motifs is 15. The third kappa shape index (κ3) is 5.49. The Labute approximate surface area is 410 Å². The number of thiophene rings is 1. The maximum atomic E-state index is 2.53. The second-order valence-electron chi connectivity index (χ2n) is 18.7. The number of anilines is 3. The van der Waals surface area contributed by atoms with Crippen LogP contribution < -0.4 is 4.90 Å². The summed E-state index contributed by atoms with van der Waals surface area (Å²) in [6.45, 7) is 0. The summed E-state index contributed by atoms with van der Waals surface area (Å²) in [4.78, 5) is 2.53. The summed E-state index contributed by atoms with van der Waals surface area (Å²) in [6, 6.07) is 94.9. The van der Waals surface area contributed by atoms with Crippen molar-refractivity contribution in [2.75, 3.05) is 4.90 Å². The molecule has 0 N–H and O–H groups in total. The van der Waals surface area contributed by atoms with Crippen molar-refractivity contribution in [3.8, 4) is 50.2 Å². The second-order valence-corrected chi connectivity index (χ2v) is 19.8. The van der Waals surface area contributed by atoms with Crippen LogP contribution in [0.4, 0.5) is 17.1 Å². The molecule has 0 saturated heterocycles. The molecular formula is C67H42N2S. The molecule has 1 atom stereocenters. The lowest BCUT2D eigenvalue weighted by Gasteiger charge is -2.39. The molecule has 1 aliphatic carbocycles. The molecule has 1 unspecified atom stereocenters. The van der Waals surface area contributed by atoms with E-state index in [1.165, 1.54) is 109 Å². The highest BCUT2D eigenvalue weighted by Crippen LogP contribution is 2.63. The quantitative estimate of drug-likeness (QED) is 0.161. The van der Waals surface area contributed by atoms with Crippen LogP contribution >= 0.6 is 11.3 Å². The summed E-state index contributed by atoms with van der Waals surface area (Å²) in [7, 11) is 0. The van der Waals surface area contributed by atoms with Crippen LogP contribution in [0, 0.1) is 0 Å². The van der Waals surface area contributed by atoms with E-state index < -0.39 is 5.41 Å². The third-order valence-corrected chi connectivity index (χ3v) is 16.4. The molecular weight excluding hydrogens is 865 g/mol. The first-order chi connectivity index (χ1) is 34.7. The Morgan fingerprint density at radius 1 is 0.343 bits per heavy atom. The van der Waals surface area contributed by atoms with Gasteiger partial charge >= 0.3 is 0 Å². The normalized spacial score (nSPS) is 14.3. The minimum Gasteiger partial charge on any atom is -0.309 e. The largest absolute Gasteiger partial charge is 0.309 e. The number of para-hydroxylation sites is 4. The molecule has 3 heteroatoms. The summed E-state index contributed by atoms with van der Waals surface area (Å²) >= 11 is 1.87. The highest BCUT2D eigenvalue weighted by molar-refractivity contribution is 7.25. The van der Waals surface area contributed by atoms with Crippen molar-refractivity contribution in [1.82, 2.24) is 4.57 Å². The third-order valence-electron chi connectivity index (χ3n) is 15.2. The monoisotopic (exact) mass is 906 g/mol. The zero-order chi connectivity index (χ0) is 45.9. The summed E-state index contributed by atoms with van der Waals surface area (Å²) < 4.78 is 5.16. The molecule has 1 spiro atoms. The molecule has 1 aliphatic heterocycles. The molecule has 2 aliphatic rings. The lowest BCUT2D eigenvalue weighted by atomic mass is 9.65. The van der Waals surface area contributed by atoms with E-state index >= 15 is 0 Å². The Morgan fingerprint density at radius 2 is 0.914 bits per heavy atom. The molecule has 0 amide bonds. The SMILES string of the molecule is c1ccc(-c2ccc(-c3ccccc3N(c3ccc(-c4ccc5c(c4)sc4ccccc45)cc3)c3cccc4c3-c3ccccc3C43c4ccccc4-n4c5ccccc5c5cccc3c54)cc2)cc1. The smallest absolute Gasteiger partial charge is 0.0755 e. The predicted molar refractivity (Wildman–Crippen MR) is 296 cm³/mol. The average molecular weight is 907 g/mol. The first kappa shape index (κ1) is 39.3. The number of rotatable bonds is 6. The van der Waals surface area contributed by atoms with E-state index in [1.807, 2.05) is 11.3 Å². The zero-order valence-electron chi connectivity index (χ0n) is 38.1. The van der Waals surface area contributed by atoms with Crippen LogP contribution in [-0.2, 0) is 5.41 Å². The fourth-order valence-electron chi connectivity index (χ4n) is 12.3. The van der Waals surface area contributed by atoms with Crippen LogP contribution in [0.5, 0.6) is 0 Å². The van der Waals surface area contributed by atoms with Gasteiger partial charge in [-0.3, -0.25) is 0 Å². The lowest BCUT2D eigenvalue weighted by molar-refractivity contribution is 0.748. The van der Waals surface area contributed by atoms with Crippen LogP contribution in [0.3, 0.4) is 0 Å². The minimum absolute atomic E-state index is 0.573. The molecule has 2 aromatic heterocycles. The molecule has 0 radical (unpaired) electrons. The van der Waals surface area contributed by atoms with Gasteiger partial charge in [0.15, 0.2) is 0 Å². The van der Waals surface area contributed by atoms with Crippen LogP contribution in [0.1, 0.15) is 22.3 Å². The molecule has 13 aromatic rings. The Bertz CT molecular complexity index is 4240. The average Bonchev–Trinajstić information content (AvgIpc) is 4.09. The van der Waals surface area contributed by atoms with Gasteiger partial charge in [-0.15, -0.1) is 11.3 Å². The van der Waals surface area contributed by atoms with Crippen LogP contribution in [0.2, 0.25) is 0 Å². The van der Waals surface area contributed by atoms with Gasteiger partial charge < -0.3 is 9.47 Å². The zero-order valence-corrected chi connectivity index (χ0v) is 38.9. The van der Waals surface area contributed by atoms with Crippen molar-refractivity contribution in [1.29, 1.82) is 0 Å².